The Morgan fingerprint density at radius 3 is 3.00 bits per heavy atom. The van der Waals surface area contributed by atoms with Crippen molar-refractivity contribution in [3.05, 3.63) is 16.1 Å². The van der Waals surface area contributed by atoms with Crippen LogP contribution in [0.1, 0.15) is 17.6 Å². The van der Waals surface area contributed by atoms with Crippen molar-refractivity contribution >= 4 is 17.3 Å². The zero-order valence-electron chi connectivity index (χ0n) is 6.46. The second kappa shape index (κ2) is 3.48. The zero-order chi connectivity index (χ0) is 8.27. The lowest BCUT2D eigenvalue weighted by atomic mass is 10.5. The highest BCUT2D eigenvalue weighted by Gasteiger charge is 1.99. The smallest absolute Gasteiger partial charge is 0.303 e. The van der Waals surface area contributed by atoms with Crippen LogP contribution in [0.25, 0.3) is 0 Å². The first-order valence-electron chi connectivity index (χ1n) is 3.23. The molecule has 1 heterocycles. The van der Waals surface area contributed by atoms with Crippen LogP contribution in [0.15, 0.2) is 5.38 Å². The van der Waals surface area contributed by atoms with Gasteiger partial charge >= 0.3 is 5.97 Å². The number of aryl methyl sites for hydroxylation is 1. The Kier molecular flexibility index (Phi) is 2.59. The number of nitrogens with zero attached hydrogens (tertiary/aromatic N) is 1. The molecule has 4 heteroatoms. The lowest BCUT2D eigenvalue weighted by Gasteiger charge is -1.95. The summed E-state index contributed by atoms with van der Waals surface area (Å²) in [6.45, 7) is 3.60. The monoisotopic (exact) mass is 171 g/mol. The predicted octanol–water partition coefficient (Wildman–Crippen LogP) is 1.51. The molecule has 0 spiro atoms. The third-order valence-electron chi connectivity index (χ3n) is 1.09. The Morgan fingerprint density at radius 2 is 2.55 bits per heavy atom. The molecule has 1 rings (SSSR count). The Bertz CT molecular complexity index is 257. The van der Waals surface area contributed by atoms with Crippen molar-refractivity contribution in [2.45, 2.75) is 20.5 Å². The lowest BCUT2D eigenvalue weighted by Crippen LogP contribution is -1.98. The highest BCUT2D eigenvalue weighted by atomic mass is 32.1. The molecule has 0 aliphatic rings. The van der Waals surface area contributed by atoms with Gasteiger partial charge < -0.3 is 4.74 Å². The Balaban J connectivity index is 2.45. The van der Waals surface area contributed by atoms with Crippen molar-refractivity contribution in [3.8, 4) is 0 Å². The summed E-state index contributed by atoms with van der Waals surface area (Å²) in [5.74, 6) is -0.268. The van der Waals surface area contributed by atoms with E-state index in [0.29, 0.717) is 6.61 Å². The average molecular weight is 171 g/mol. The number of ether oxygens (including phenoxy) is 1. The summed E-state index contributed by atoms with van der Waals surface area (Å²) in [7, 11) is 0. The highest BCUT2D eigenvalue weighted by molar-refractivity contribution is 7.09. The van der Waals surface area contributed by atoms with Gasteiger partial charge in [0.05, 0.1) is 10.7 Å². The summed E-state index contributed by atoms with van der Waals surface area (Å²) >= 11 is 1.55. The molecule has 0 aliphatic carbocycles. The maximum atomic E-state index is 10.4. The number of rotatable bonds is 2. The van der Waals surface area contributed by atoms with E-state index in [0.717, 1.165) is 10.7 Å². The topological polar surface area (TPSA) is 39.2 Å². The Morgan fingerprint density at radius 1 is 1.82 bits per heavy atom. The summed E-state index contributed by atoms with van der Waals surface area (Å²) < 4.78 is 4.75. The maximum Gasteiger partial charge on any atom is 0.303 e. The molecule has 0 aliphatic heterocycles. The third-order valence-corrected chi connectivity index (χ3v) is 1.91. The van der Waals surface area contributed by atoms with Crippen LogP contribution in [0.2, 0.25) is 0 Å². The van der Waals surface area contributed by atoms with Crippen LogP contribution in [0, 0.1) is 6.92 Å². The van der Waals surface area contributed by atoms with Crippen molar-refractivity contribution < 1.29 is 9.53 Å². The average Bonchev–Trinajstić information content (AvgIpc) is 2.31. The first-order chi connectivity index (χ1) is 5.18. The van der Waals surface area contributed by atoms with Gasteiger partial charge in [0.2, 0.25) is 0 Å². The van der Waals surface area contributed by atoms with Crippen LogP contribution in [0.3, 0.4) is 0 Å². The van der Waals surface area contributed by atoms with Gasteiger partial charge in [-0.1, -0.05) is 0 Å². The van der Waals surface area contributed by atoms with Gasteiger partial charge in [-0.25, -0.2) is 4.98 Å². The first kappa shape index (κ1) is 8.20. The number of thiazole rings is 1. The van der Waals surface area contributed by atoms with E-state index in [9.17, 15) is 4.79 Å². The molecule has 0 atom stereocenters. The van der Waals surface area contributed by atoms with Crippen LogP contribution in [0.4, 0.5) is 0 Å². The molecular weight excluding hydrogens is 162 g/mol. The van der Waals surface area contributed by atoms with E-state index in [1.807, 2.05) is 12.3 Å². The number of carbonyl (C=O) groups excluding carboxylic acids is 1. The van der Waals surface area contributed by atoms with Gasteiger partial charge in [-0.15, -0.1) is 11.3 Å². The summed E-state index contributed by atoms with van der Waals surface area (Å²) in [6.07, 6.45) is 0. The quantitative estimate of drug-likeness (QED) is 0.633. The van der Waals surface area contributed by atoms with E-state index >= 15 is 0 Å². The van der Waals surface area contributed by atoms with Crippen LogP contribution >= 0.6 is 11.3 Å². The number of hydrogen-bond donors (Lipinski definition) is 0. The minimum absolute atomic E-state index is 0.268. The first-order valence-corrected chi connectivity index (χ1v) is 4.11. The van der Waals surface area contributed by atoms with Crippen molar-refractivity contribution in [3.63, 3.8) is 0 Å². The second-order valence-corrected chi connectivity index (χ2v) is 3.20. The Hall–Kier alpha value is -0.900. The van der Waals surface area contributed by atoms with E-state index in [1.54, 1.807) is 11.3 Å². The maximum absolute atomic E-state index is 10.4. The molecule has 1 aromatic heterocycles. The third kappa shape index (κ3) is 2.67. The fourth-order valence-corrected chi connectivity index (χ4v) is 1.25. The molecular formula is C7H9NO2S. The van der Waals surface area contributed by atoms with E-state index in [4.69, 9.17) is 4.74 Å². The van der Waals surface area contributed by atoms with Crippen LogP contribution in [-0.4, -0.2) is 11.0 Å². The molecule has 0 saturated heterocycles. The number of esters is 1. The summed E-state index contributed by atoms with van der Waals surface area (Å²) in [6, 6.07) is 0. The van der Waals surface area contributed by atoms with E-state index in [1.165, 1.54) is 6.92 Å². The molecule has 0 radical (unpaired) electrons. The van der Waals surface area contributed by atoms with E-state index in [-0.39, 0.29) is 5.97 Å². The fourth-order valence-electron chi connectivity index (χ4n) is 0.650. The number of aromatic nitrogens is 1. The van der Waals surface area contributed by atoms with Gasteiger partial charge in [-0.05, 0) is 6.92 Å². The largest absolute Gasteiger partial charge is 0.459 e. The molecule has 1 aromatic rings. The SMILES string of the molecule is CC(=O)OCc1csc(C)n1. The van der Waals surface area contributed by atoms with Crippen LogP contribution in [-0.2, 0) is 16.1 Å². The molecule has 0 saturated carbocycles. The molecule has 3 nitrogen and oxygen atoms in total. The number of carbonyl (C=O) groups is 1. The molecule has 11 heavy (non-hydrogen) atoms. The summed E-state index contributed by atoms with van der Waals surface area (Å²) in [4.78, 5) is 14.5. The van der Waals surface area contributed by atoms with Gasteiger partial charge in [-0.2, -0.15) is 0 Å². The van der Waals surface area contributed by atoms with Crippen molar-refractivity contribution in [2.75, 3.05) is 0 Å². The van der Waals surface area contributed by atoms with Gasteiger partial charge in [-0.3, -0.25) is 4.79 Å². The minimum Gasteiger partial charge on any atom is -0.459 e. The van der Waals surface area contributed by atoms with Crippen molar-refractivity contribution in [2.24, 2.45) is 0 Å². The zero-order valence-corrected chi connectivity index (χ0v) is 7.27. The molecule has 60 valence electrons. The molecule has 0 fully saturated rings. The van der Waals surface area contributed by atoms with Crippen LogP contribution in [0.5, 0.6) is 0 Å². The summed E-state index contributed by atoms with van der Waals surface area (Å²) in [5.41, 5.74) is 0.822. The lowest BCUT2D eigenvalue weighted by molar-refractivity contribution is -0.142. The van der Waals surface area contributed by atoms with E-state index in [2.05, 4.69) is 4.98 Å². The standard InChI is InChI=1S/C7H9NO2S/c1-5-8-7(4-11-5)3-10-6(2)9/h4H,3H2,1-2H3. The normalized spacial score (nSPS) is 9.64. The number of hydrogen-bond acceptors (Lipinski definition) is 4. The van der Waals surface area contributed by atoms with Crippen molar-refractivity contribution in [1.29, 1.82) is 0 Å². The second-order valence-electron chi connectivity index (χ2n) is 2.14. The Labute approximate surface area is 69.0 Å². The highest BCUT2D eigenvalue weighted by Crippen LogP contribution is 2.08. The molecule has 0 amide bonds. The molecule has 0 unspecified atom stereocenters. The summed E-state index contributed by atoms with van der Waals surface area (Å²) in [5, 5.41) is 2.88. The molecule has 0 bridgehead atoms. The van der Waals surface area contributed by atoms with E-state index < -0.39 is 0 Å². The fraction of sp³-hybridized carbons (Fsp3) is 0.429. The van der Waals surface area contributed by atoms with Gasteiger partial charge in [0.15, 0.2) is 0 Å². The van der Waals surface area contributed by atoms with Crippen LogP contribution < -0.4 is 0 Å². The van der Waals surface area contributed by atoms with Crippen molar-refractivity contribution in [1.82, 2.24) is 4.98 Å². The molecule has 0 aromatic carbocycles. The van der Waals surface area contributed by atoms with Gasteiger partial charge in [0.1, 0.15) is 6.61 Å². The molecule has 0 N–H and O–H groups in total. The minimum atomic E-state index is -0.268. The van der Waals surface area contributed by atoms with Gasteiger partial charge in [0, 0.05) is 12.3 Å². The van der Waals surface area contributed by atoms with Gasteiger partial charge in [0.25, 0.3) is 0 Å². The predicted molar refractivity (Wildman–Crippen MR) is 42.3 cm³/mol.